The van der Waals surface area contributed by atoms with Crippen molar-refractivity contribution < 1.29 is 18.7 Å². The van der Waals surface area contributed by atoms with E-state index in [1.165, 1.54) is 29.2 Å². The van der Waals surface area contributed by atoms with E-state index in [0.717, 1.165) is 24.1 Å². The highest BCUT2D eigenvalue weighted by Crippen LogP contribution is 2.24. The van der Waals surface area contributed by atoms with Gasteiger partial charge < -0.3 is 9.64 Å². The molecule has 37 heavy (non-hydrogen) atoms. The van der Waals surface area contributed by atoms with Crippen molar-refractivity contribution in [1.29, 1.82) is 0 Å². The zero-order valence-corrected chi connectivity index (χ0v) is 20.2. The molecular weight excluding hydrogens is 471 g/mol. The fourth-order valence-electron chi connectivity index (χ4n) is 4.37. The molecule has 1 saturated heterocycles. The molecule has 0 saturated carbocycles. The molecular formula is C29H27FN4O3. The number of carbonyl (C=O) groups is 2. The number of amides is 2. The van der Waals surface area contributed by atoms with Crippen LogP contribution in [-0.4, -0.2) is 52.1 Å². The Hall–Kier alpha value is -4.30. The fourth-order valence-corrected chi connectivity index (χ4v) is 4.37. The standard InChI is InChI=1S/C29H27FN4O3/c30-23-15-13-22(14-16-23)28(36)33(18-25-12-7-17-37-25)20-27(35)32-29-31-26(21-8-3-1-4-9-21)19-34(29)24-10-5-2-6-11-24/h1-6,8-11,13-16,19,25H,7,12,17-18,20H2,(H,31,32,35). The molecule has 1 unspecified atom stereocenters. The Kier molecular flexibility index (Phi) is 7.37. The summed E-state index contributed by atoms with van der Waals surface area (Å²) in [6.45, 7) is 0.705. The van der Waals surface area contributed by atoms with Gasteiger partial charge in [-0.2, -0.15) is 0 Å². The topological polar surface area (TPSA) is 76.5 Å². The van der Waals surface area contributed by atoms with Gasteiger partial charge in [0.2, 0.25) is 11.9 Å². The van der Waals surface area contributed by atoms with Gasteiger partial charge in [0.05, 0.1) is 11.8 Å². The van der Waals surface area contributed by atoms with Gasteiger partial charge in [-0.3, -0.25) is 19.5 Å². The van der Waals surface area contributed by atoms with Gasteiger partial charge >= 0.3 is 0 Å². The maximum absolute atomic E-state index is 13.4. The Balaban J connectivity index is 1.39. The van der Waals surface area contributed by atoms with Crippen LogP contribution in [0.1, 0.15) is 23.2 Å². The number of ether oxygens (including phenoxy) is 1. The van der Waals surface area contributed by atoms with Gasteiger partial charge in [0.1, 0.15) is 12.4 Å². The summed E-state index contributed by atoms with van der Waals surface area (Å²) in [6, 6.07) is 24.6. The van der Waals surface area contributed by atoms with Gasteiger partial charge in [-0.05, 0) is 49.2 Å². The number of anilines is 1. The lowest BCUT2D eigenvalue weighted by Crippen LogP contribution is -2.42. The molecule has 188 valence electrons. The van der Waals surface area contributed by atoms with Crippen LogP contribution in [0.3, 0.4) is 0 Å². The highest BCUT2D eigenvalue weighted by atomic mass is 19.1. The monoisotopic (exact) mass is 498 g/mol. The average molecular weight is 499 g/mol. The van der Waals surface area contributed by atoms with Gasteiger partial charge in [0.25, 0.3) is 5.91 Å². The van der Waals surface area contributed by atoms with E-state index in [4.69, 9.17) is 4.74 Å². The van der Waals surface area contributed by atoms with E-state index in [9.17, 15) is 14.0 Å². The number of nitrogens with one attached hydrogen (secondary N) is 1. The van der Waals surface area contributed by atoms with Crippen LogP contribution in [0.5, 0.6) is 0 Å². The molecule has 2 amide bonds. The molecule has 1 N–H and O–H groups in total. The van der Waals surface area contributed by atoms with Crippen molar-refractivity contribution in [2.24, 2.45) is 0 Å². The maximum atomic E-state index is 13.4. The van der Waals surface area contributed by atoms with Crippen LogP contribution in [0.25, 0.3) is 16.9 Å². The van der Waals surface area contributed by atoms with Crippen molar-refractivity contribution in [2.75, 3.05) is 25.0 Å². The summed E-state index contributed by atoms with van der Waals surface area (Å²) < 4.78 is 20.9. The first kappa shape index (κ1) is 24.4. The average Bonchev–Trinajstić information content (AvgIpc) is 3.59. The summed E-state index contributed by atoms with van der Waals surface area (Å²) in [4.78, 5) is 32.6. The van der Waals surface area contributed by atoms with E-state index in [1.54, 1.807) is 0 Å². The molecule has 3 aromatic carbocycles. The Labute approximate surface area is 214 Å². The highest BCUT2D eigenvalue weighted by molar-refractivity contribution is 5.99. The largest absolute Gasteiger partial charge is 0.376 e. The van der Waals surface area contributed by atoms with Crippen molar-refractivity contribution >= 4 is 17.8 Å². The minimum absolute atomic E-state index is 0.145. The number of carbonyl (C=O) groups excluding carboxylic acids is 2. The predicted molar refractivity (Wildman–Crippen MR) is 139 cm³/mol. The Bertz CT molecular complexity index is 1350. The van der Waals surface area contributed by atoms with E-state index in [1.807, 2.05) is 71.4 Å². The summed E-state index contributed by atoms with van der Waals surface area (Å²) in [5, 5.41) is 2.89. The van der Waals surface area contributed by atoms with Crippen molar-refractivity contribution in [3.8, 4) is 16.9 Å². The van der Waals surface area contributed by atoms with Crippen LogP contribution in [-0.2, 0) is 9.53 Å². The lowest BCUT2D eigenvalue weighted by atomic mass is 10.1. The molecule has 7 nitrogen and oxygen atoms in total. The van der Waals surface area contributed by atoms with Crippen molar-refractivity contribution in [3.63, 3.8) is 0 Å². The highest BCUT2D eigenvalue weighted by Gasteiger charge is 2.26. The van der Waals surface area contributed by atoms with Crippen LogP contribution < -0.4 is 5.32 Å². The SMILES string of the molecule is O=C(CN(CC1CCCO1)C(=O)c1ccc(F)cc1)Nc1nc(-c2ccccc2)cn1-c1ccccc1. The molecule has 4 aromatic rings. The Morgan fingerprint density at radius 2 is 1.70 bits per heavy atom. The molecule has 5 rings (SSSR count). The second kappa shape index (κ2) is 11.2. The lowest BCUT2D eigenvalue weighted by Gasteiger charge is -2.25. The van der Waals surface area contributed by atoms with Gasteiger partial charge in [-0.15, -0.1) is 0 Å². The van der Waals surface area contributed by atoms with E-state index >= 15 is 0 Å². The Morgan fingerprint density at radius 1 is 1.00 bits per heavy atom. The summed E-state index contributed by atoms with van der Waals surface area (Å²) in [5.74, 6) is -0.832. The van der Waals surface area contributed by atoms with Crippen LogP contribution in [0.15, 0.2) is 91.1 Å². The molecule has 0 radical (unpaired) electrons. The number of halogens is 1. The third kappa shape index (κ3) is 5.92. The van der Waals surface area contributed by atoms with E-state index in [0.29, 0.717) is 23.8 Å². The minimum Gasteiger partial charge on any atom is -0.376 e. The number of imidazole rings is 1. The van der Waals surface area contributed by atoms with Crippen molar-refractivity contribution in [3.05, 3.63) is 103 Å². The first-order chi connectivity index (χ1) is 18.1. The molecule has 8 heteroatoms. The molecule has 1 fully saturated rings. The summed E-state index contributed by atoms with van der Waals surface area (Å²) in [5.41, 5.74) is 2.77. The number of benzene rings is 3. The molecule has 1 aromatic heterocycles. The second-order valence-corrected chi connectivity index (χ2v) is 8.90. The van der Waals surface area contributed by atoms with E-state index < -0.39 is 11.7 Å². The molecule has 1 aliphatic rings. The molecule has 1 atom stereocenters. The normalized spacial score (nSPS) is 14.9. The second-order valence-electron chi connectivity index (χ2n) is 8.90. The van der Waals surface area contributed by atoms with E-state index in [-0.39, 0.29) is 25.1 Å². The zero-order chi connectivity index (χ0) is 25.6. The van der Waals surface area contributed by atoms with Crippen LogP contribution >= 0.6 is 0 Å². The fraction of sp³-hybridized carbons (Fsp3) is 0.207. The number of hydrogen-bond donors (Lipinski definition) is 1. The van der Waals surface area contributed by atoms with Gasteiger partial charge in [0, 0.05) is 36.2 Å². The first-order valence-electron chi connectivity index (χ1n) is 12.2. The molecule has 0 aliphatic carbocycles. The van der Waals surface area contributed by atoms with E-state index in [2.05, 4.69) is 10.3 Å². The lowest BCUT2D eigenvalue weighted by molar-refractivity contribution is -0.117. The maximum Gasteiger partial charge on any atom is 0.254 e. The number of para-hydroxylation sites is 1. The van der Waals surface area contributed by atoms with Gasteiger partial charge in [-0.25, -0.2) is 9.37 Å². The van der Waals surface area contributed by atoms with Crippen LogP contribution in [0, 0.1) is 5.82 Å². The number of hydrogen-bond acceptors (Lipinski definition) is 4. The van der Waals surface area contributed by atoms with Crippen LogP contribution in [0.4, 0.5) is 10.3 Å². The predicted octanol–water partition coefficient (Wildman–Crippen LogP) is 4.94. The molecule has 2 heterocycles. The first-order valence-corrected chi connectivity index (χ1v) is 12.2. The third-order valence-electron chi connectivity index (χ3n) is 6.22. The summed E-state index contributed by atoms with van der Waals surface area (Å²) in [6.07, 6.45) is 3.45. The van der Waals surface area contributed by atoms with Gasteiger partial charge in [0.15, 0.2) is 0 Å². The summed E-state index contributed by atoms with van der Waals surface area (Å²) in [7, 11) is 0. The van der Waals surface area contributed by atoms with Gasteiger partial charge in [-0.1, -0.05) is 48.5 Å². The Morgan fingerprint density at radius 3 is 2.38 bits per heavy atom. The molecule has 0 spiro atoms. The quantitative estimate of drug-likeness (QED) is 0.373. The number of aromatic nitrogens is 2. The summed E-state index contributed by atoms with van der Waals surface area (Å²) >= 11 is 0. The minimum atomic E-state index is -0.429. The zero-order valence-electron chi connectivity index (χ0n) is 20.2. The van der Waals surface area contributed by atoms with Crippen molar-refractivity contribution in [2.45, 2.75) is 18.9 Å². The number of rotatable bonds is 8. The van der Waals surface area contributed by atoms with Crippen molar-refractivity contribution in [1.82, 2.24) is 14.5 Å². The smallest absolute Gasteiger partial charge is 0.254 e. The molecule has 1 aliphatic heterocycles. The number of nitrogens with zero attached hydrogens (tertiary/aromatic N) is 3. The molecule has 0 bridgehead atoms. The third-order valence-corrected chi connectivity index (χ3v) is 6.22. The van der Waals surface area contributed by atoms with Crippen LogP contribution in [0.2, 0.25) is 0 Å².